The van der Waals surface area contributed by atoms with E-state index < -0.39 is 23.0 Å². The van der Waals surface area contributed by atoms with Crippen LogP contribution in [0.15, 0.2) is 24.3 Å². The van der Waals surface area contributed by atoms with Gasteiger partial charge in [-0.1, -0.05) is 0 Å². The van der Waals surface area contributed by atoms with E-state index in [9.17, 15) is 19.7 Å². The topological polar surface area (TPSA) is 145 Å². The number of ether oxygens (including phenoxy) is 1. The van der Waals surface area contributed by atoms with Crippen molar-refractivity contribution < 1.29 is 24.4 Å². The number of aliphatic carboxylic acids is 1. The Morgan fingerprint density at radius 1 is 1.33 bits per heavy atom. The van der Waals surface area contributed by atoms with E-state index in [-0.39, 0.29) is 30.5 Å². The third-order valence-corrected chi connectivity index (χ3v) is 3.57. The first kappa shape index (κ1) is 19.7. The zero-order valence-corrected chi connectivity index (χ0v) is 13.6. The van der Waals surface area contributed by atoms with Crippen molar-refractivity contribution in [3.8, 4) is 0 Å². The molecule has 0 saturated heterocycles. The van der Waals surface area contributed by atoms with Gasteiger partial charge >= 0.3 is 12.1 Å². The molecule has 1 rings (SSSR count). The summed E-state index contributed by atoms with van der Waals surface area (Å²) in [6, 6.07) is 4.70. The lowest BCUT2D eigenvalue weighted by Gasteiger charge is -2.13. The minimum atomic E-state index is -1.08. The number of thiol groups is 1. The molecule has 24 heavy (non-hydrogen) atoms. The van der Waals surface area contributed by atoms with Crippen molar-refractivity contribution in [2.45, 2.75) is 30.7 Å². The minimum absolute atomic E-state index is 0.0229. The summed E-state index contributed by atoms with van der Waals surface area (Å²) in [5.41, 5.74) is 5.95. The van der Waals surface area contributed by atoms with Crippen LogP contribution in [-0.2, 0) is 16.1 Å². The number of rotatable bonds is 9. The fraction of sp³-hybridized carbons (Fsp3) is 0.429. The number of non-ortho nitro benzene ring substituents is 1. The highest BCUT2D eigenvalue weighted by Gasteiger charge is 2.14. The van der Waals surface area contributed by atoms with Crippen LogP contribution < -0.4 is 11.1 Å². The predicted molar refractivity (Wildman–Crippen MR) is 88.9 cm³/mol. The molecule has 0 fully saturated rings. The van der Waals surface area contributed by atoms with Gasteiger partial charge in [-0.2, -0.15) is 12.6 Å². The lowest BCUT2D eigenvalue weighted by molar-refractivity contribution is -0.384. The largest absolute Gasteiger partial charge is 0.480 e. The fourth-order valence-corrected chi connectivity index (χ4v) is 1.95. The van der Waals surface area contributed by atoms with Crippen molar-refractivity contribution in [1.29, 1.82) is 0 Å². The molecule has 4 N–H and O–H groups in total. The number of nitrogens with zero attached hydrogens (tertiary/aromatic N) is 1. The monoisotopic (exact) mass is 357 g/mol. The lowest BCUT2D eigenvalue weighted by Crippen LogP contribution is -2.33. The second-order valence-corrected chi connectivity index (χ2v) is 5.79. The van der Waals surface area contributed by atoms with Gasteiger partial charge in [-0.25, -0.2) is 4.79 Å². The van der Waals surface area contributed by atoms with Crippen LogP contribution in [-0.4, -0.2) is 39.9 Å². The second-order valence-electron chi connectivity index (χ2n) is 5.06. The summed E-state index contributed by atoms with van der Waals surface area (Å²) in [7, 11) is 0. The summed E-state index contributed by atoms with van der Waals surface area (Å²) in [6.07, 6.45) is 0.0253. The molecular formula is C14H19N3O6S. The number of hydrogen-bond donors (Lipinski definition) is 4. The van der Waals surface area contributed by atoms with E-state index >= 15 is 0 Å². The molecule has 2 atom stereocenters. The van der Waals surface area contributed by atoms with Gasteiger partial charge in [0.25, 0.3) is 5.69 Å². The zero-order valence-electron chi connectivity index (χ0n) is 12.8. The zero-order chi connectivity index (χ0) is 18.1. The molecule has 9 nitrogen and oxygen atoms in total. The van der Waals surface area contributed by atoms with Gasteiger partial charge in [0.05, 0.1) is 4.92 Å². The van der Waals surface area contributed by atoms with Crippen LogP contribution in [0.25, 0.3) is 0 Å². The SMILES string of the molecule is NC(CCC(S)CNC(=O)OCc1ccc([N+](=O)[O-])cc1)C(=O)O. The Labute approximate surface area is 143 Å². The first-order valence-electron chi connectivity index (χ1n) is 7.10. The Morgan fingerprint density at radius 3 is 2.50 bits per heavy atom. The smallest absolute Gasteiger partial charge is 0.407 e. The summed E-state index contributed by atoms with van der Waals surface area (Å²) >= 11 is 4.23. The van der Waals surface area contributed by atoms with Crippen molar-refractivity contribution in [2.75, 3.05) is 6.54 Å². The Hall–Kier alpha value is -2.33. The standard InChI is InChI=1S/C14H19N3O6S/c15-12(13(18)19)6-5-11(24)7-16-14(20)23-8-9-1-3-10(4-2-9)17(21)22/h1-4,11-12,24H,5-8,15H2,(H,16,20)(H,18,19). The Kier molecular flexibility index (Phi) is 7.99. The number of carboxylic acid groups (broad SMARTS) is 1. The molecular weight excluding hydrogens is 338 g/mol. The van der Waals surface area contributed by atoms with E-state index in [1.165, 1.54) is 24.3 Å². The molecule has 1 aromatic carbocycles. The average molecular weight is 357 g/mol. The van der Waals surface area contributed by atoms with Gasteiger partial charge in [-0.3, -0.25) is 14.9 Å². The first-order chi connectivity index (χ1) is 11.3. The molecule has 10 heteroatoms. The summed E-state index contributed by atoms with van der Waals surface area (Å²) in [6.45, 7) is 0.180. The summed E-state index contributed by atoms with van der Waals surface area (Å²) in [5, 5.41) is 21.4. The third kappa shape index (κ3) is 7.29. The van der Waals surface area contributed by atoms with Gasteiger partial charge in [0, 0.05) is 23.9 Å². The van der Waals surface area contributed by atoms with Crippen LogP contribution in [0.3, 0.4) is 0 Å². The van der Waals surface area contributed by atoms with E-state index in [4.69, 9.17) is 15.6 Å². The number of carbonyl (C=O) groups excluding carboxylic acids is 1. The van der Waals surface area contributed by atoms with Crippen molar-refractivity contribution in [1.82, 2.24) is 5.32 Å². The number of nitrogens with one attached hydrogen (secondary N) is 1. The van der Waals surface area contributed by atoms with Gasteiger partial charge in [0.2, 0.25) is 0 Å². The fourth-order valence-electron chi connectivity index (χ4n) is 1.71. The van der Waals surface area contributed by atoms with E-state index in [0.29, 0.717) is 12.0 Å². The Bertz CT molecular complexity index is 580. The average Bonchev–Trinajstić information content (AvgIpc) is 2.56. The lowest BCUT2D eigenvalue weighted by atomic mass is 10.1. The van der Waals surface area contributed by atoms with Gasteiger partial charge < -0.3 is 20.9 Å². The third-order valence-electron chi connectivity index (χ3n) is 3.13. The maximum atomic E-state index is 11.5. The van der Waals surface area contributed by atoms with Crippen molar-refractivity contribution >= 4 is 30.4 Å². The van der Waals surface area contributed by atoms with Gasteiger partial charge in [0.15, 0.2) is 0 Å². The highest BCUT2D eigenvalue weighted by Crippen LogP contribution is 2.12. The quantitative estimate of drug-likeness (QED) is 0.296. The van der Waals surface area contributed by atoms with Crippen LogP contribution in [0, 0.1) is 10.1 Å². The number of nitro benzene ring substituents is 1. The maximum absolute atomic E-state index is 11.5. The number of carboxylic acids is 1. The van der Waals surface area contributed by atoms with E-state index in [0.717, 1.165) is 0 Å². The van der Waals surface area contributed by atoms with Crippen molar-refractivity contribution in [3.05, 3.63) is 39.9 Å². The molecule has 0 radical (unpaired) electrons. The Morgan fingerprint density at radius 2 is 1.96 bits per heavy atom. The maximum Gasteiger partial charge on any atom is 0.407 e. The van der Waals surface area contributed by atoms with Gasteiger partial charge in [0.1, 0.15) is 12.6 Å². The van der Waals surface area contributed by atoms with Crippen LogP contribution in [0.2, 0.25) is 0 Å². The van der Waals surface area contributed by atoms with Crippen molar-refractivity contribution in [3.63, 3.8) is 0 Å². The van der Waals surface area contributed by atoms with Gasteiger partial charge in [-0.15, -0.1) is 0 Å². The number of hydrogen-bond acceptors (Lipinski definition) is 7. The molecule has 1 amide bonds. The summed E-state index contributed by atoms with van der Waals surface area (Å²) < 4.78 is 4.97. The number of benzene rings is 1. The highest BCUT2D eigenvalue weighted by atomic mass is 32.1. The highest BCUT2D eigenvalue weighted by molar-refractivity contribution is 7.81. The summed E-state index contributed by atoms with van der Waals surface area (Å²) in [5.74, 6) is -1.08. The molecule has 132 valence electrons. The number of amides is 1. The van der Waals surface area contributed by atoms with Crippen LogP contribution in [0.4, 0.5) is 10.5 Å². The molecule has 0 aliphatic heterocycles. The van der Waals surface area contributed by atoms with Crippen molar-refractivity contribution in [2.24, 2.45) is 5.73 Å². The number of nitro groups is 1. The molecule has 0 bridgehead atoms. The van der Waals surface area contributed by atoms with Crippen LogP contribution in [0.1, 0.15) is 18.4 Å². The van der Waals surface area contributed by atoms with Crippen LogP contribution in [0.5, 0.6) is 0 Å². The number of nitrogens with two attached hydrogens (primary N) is 1. The number of carbonyl (C=O) groups is 2. The molecule has 1 aromatic rings. The molecule has 0 aliphatic carbocycles. The Balaban J connectivity index is 2.26. The second kappa shape index (κ2) is 9.73. The normalized spacial score (nSPS) is 12.9. The number of alkyl carbamates (subject to hydrolysis) is 1. The molecule has 0 aliphatic rings. The van der Waals surface area contributed by atoms with Crippen LogP contribution >= 0.6 is 12.6 Å². The predicted octanol–water partition coefficient (Wildman–Crippen LogP) is 1.31. The first-order valence-corrected chi connectivity index (χ1v) is 7.61. The minimum Gasteiger partial charge on any atom is -0.480 e. The van der Waals surface area contributed by atoms with E-state index in [1.54, 1.807) is 0 Å². The summed E-state index contributed by atoms with van der Waals surface area (Å²) in [4.78, 5) is 32.1. The van der Waals surface area contributed by atoms with E-state index in [2.05, 4.69) is 17.9 Å². The molecule has 0 heterocycles. The van der Waals surface area contributed by atoms with E-state index in [1.807, 2.05) is 0 Å². The molecule has 0 aromatic heterocycles. The molecule has 0 spiro atoms. The molecule has 2 unspecified atom stereocenters. The molecule has 0 saturated carbocycles. The van der Waals surface area contributed by atoms with Gasteiger partial charge in [-0.05, 0) is 30.5 Å².